The molecule has 0 N–H and O–H groups in total. The van der Waals surface area contributed by atoms with Crippen LogP contribution in [0.25, 0.3) is 0 Å². The lowest BCUT2D eigenvalue weighted by atomic mass is 10.0. The van der Waals surface area contributed by atoms with Gasteiger partial charge in [0.05, 0.1) is 6.61 Å². The van der Waals surface area contributed by atoms with E-state index in [9.17, 15) is 0 Å². The largest absolute Gasteiger partial charge is 0.493 e. The Morgan fingerprint density at radius 1 is 0.727 bits per heavy atom. The number of ether oxygens (including phenoxy) is 1. The fourth-order valence-electron chi connectivity index (χ4n) is 2.77. The van der Waals surface area contributed by atoms with E-state index in [1.807, 2.05) is 24.3 Å². The summed E-state index contributed by atoms with van der Waals surface area (Å²) in [6, 6.07) is 10.9. The maximum Gasteiger partial charge on any atom is 0.127 e. The Kier molecular flexibility index (Phi) is 12.9. The van der Waals surface area contributed by atoms with Gasteiger partial charge in [0.2, 0.25) is 0 Å². The molecule has 1 rings (SSSR count). The van der Waals surface area contributed by atoms with Crippen molar-refractivity contribution >= 4 is 0 Å². The van der Waals surface area contributed by atoms with E-state index in [1.165, 1.54) is 83.5 Å². The summed E-state index contributed by atoms with van der Waals surface area (Å²) in [5, 5.41) is 0. The summed E-state index contributed by atoms with van der Waals surface area (Å²) < 4.78 is 5.65. The second kappa shape index (κ2) is 14.9. The average Bonchev–Trinajstić information content (AvgIpc) is 2.56. The highest BCUT2D eigenvalue weighted by Gasteiger charge is 1.95. The molecule has 0 saturated heterocycles. The molecule has 125 valence electrons. The molecule has 0 fully saturated rings. The minimum atomic E-state index is 0.832. The normalized spacial score (nSPS) is 10.8. The van der Waals surface area contributed by atoms with Gasteiger partial charge in [-0.3, -0.25) is 0 Å². The van der Waals surface area contributed by atoms with Crippen molar-refractivity contribution in [2.75, 3.05) is 6.61 Å². The molecule has 0 aliphatic rings. The van der Waals surface area contributed by atoms with Gasteiger partial charge in [-0.25, -0.2) is 0 Å². The second-order valence-electron chi connectivity index (χ2n) is 6.32. The molecule has 0 aliphatic carbocycles. The number of hydrogen-bond acceptors (Lipinski definition) is 1. The Morgan fingerprint density at radius 3 is 1.77 bits per heavy atom. The third-order valence-corrected chi connectivity index (χ3v) is 4.19. The molecule has 1 nitrogen and oxygen atoms in total. The first-order valence-corrected chi connectivity index (χ1v) is 9.53. The summed E-state index contributed by atoms with van der Waals surface area (Å²) in [6.07, 6.45) is 18.1. The van der Waals surface area contributed by atoms with E-state index in [1.54, 1.807) is 0 Å². The zero-order chi connectivity index (χ0) is 15.7. The van der Waals surface area contributed by atoms with Crippen molar-refractivity contribution < 1.29 is 4.74 Å². The molecule has 0 amide bonds. The predicted molar refractivity (Wildman–Crippen MR) is 96.5 cm³/mol. The molecule has 0 spiro atoms. The van der Waals surface area contributed by atoms with Gasteiger partial charge in [-0.15, -0.1) is 0 Å². The van der Waals surface area contributed by atoms with Crippen LogP contribution < -0.4 is 4.74 Å². The highest BCUT2D eigenvalue weighted by molar-refractivity contribution is 5.19. The van der Waals surface area contributed by atoms with Gasteiger partial charge in [0.15, 0.2) is 0 Å². The summed E-state index contributed by atoms with van der Waals surface area (Å²) in [5.74, 6) is 0.876. The van der Waals surface area contributed by atoms with Gasteiger partial charge >= 0.3 is 0 Å². The lowest BCUT2D eigenvalue weighted by Gasteiger charge is -2.05. The Labute approximate surface area is 138 Å². The highest BCUT2D eigenvalue weighted by Crippen LogP contribution is 2.13. The maximum atomic E-state index is 5.65. The molecule has 0 bridgehead atoms. The van der Waals surface area contributed by atoms with E-state index in [4.69, 9.17) is 4.74 Å². The third-order valence-electron chi connectivity index (χ3n) is 4.19. The van der Waals surface area contributed by atoms with Crippen molar-refractivity contribution in [3.63, 3.8) is 0 Å². The van der Waals surface area contributed by atoms with Gasteiger partial charge < -0.3 is 4.74 Å². The topological polar surface area (TPSA) is 9.23 Å². The summed E-state index contributed by atoms with van der Waals surface area (Å²) in [5.41, 5.74) is 0. The molecule has 0 aliphatic heterocycles. The monoisotopic (exact) mass is 303 g/mol. The quantitative estimate of drug-likeness (QED) is 0.318. The maximum absolute atomic E-state index is 5.65. The van der Waals surface area contributed by atoms with Crippen LogP contribution in [0.2, 0.25) is 0 Å². The van der Waals surface area contributed by atoms with E-state index >= 15 is 0 Å². The van der Waals surface area contributed by atoms with E-state index in [2.05, 4.69) is 13.0 Å². The van der Waals surface area contributed by atoms with E-state index < -0.39 is 0 Å². The van der Waals surface area contributed by atoms with Crippen molar-refractivity contribution in [1.82, 2.24) is 0 Å². The molecule has 22 heavy (non-hydrogen) atoms. The van der Waals surface area contributed by atoms with Crippen LogP contribution in [0.1, 0.15) is 90.4 Å². The molecular weight excluding hydrogens is 268 g/mol. The number of unbranched alkanes of at least 4 members (excludes halogenated alkanes) is 12. The molecule has 1 aromatic rings. The fourth-order valence-corrected chi connectivity index (χ4v) is 2.77. The van der Waals surface area contributed by atoms with E-state index in [0.717, 1.165) is 12.4 Å². The van der Waals surface area contributed by atoms with Crippen molar-refractivity contribution in [1.29, 1.82) is 0 Å². The van der Waals surface area contributed by atoms with Crippen LogP contribution in [-0.2, 0) is 0 Å². The van der Waals surface area contributed by atoms with Gasteiger partial charge in [0.1, 0.15) is 5.75 Å². The van der Waals surface area contributed by atoms with Crippen LogP contribution in [0.4, 0.5) is 0 Å². The van der Waals surface area contributed by atoms with Crippen molar-refractivity contribution in [2.45, 2.75) is 90.4 Å². The Morgan fingerprint density at radius 2 is 1.27 bits per heavy atom. The molecule has 1 heteroatoms. The summed E-state index contributed by atoms with van der Waals surface area (Å²) in [7, 11) is 0. The number of para-hydroxylation sites is 1. The minimum absolute atomic E-state index is 0.832. The zero-order valence-corrected chi connectivity index (χ0v) is 14.6. The predicted octanol–water partition coefficient (Wildman–Crippen LogP) is 6.96. The van der Waals surface area contributed by atoms with Gasteiger partial charge in [0.25, 0.3) is 0 Å². The Hall–Kier alpha value is -0.980. The van der Waals surface area contributed by atoms with Crippen LogP contribution in [0.3, 0.4) is 0 Å². The molecule has 0 unspecified atom stereocenters. The lowest BCUT2D eigenvalue weighted by Crippen LogP contribution is -1.97. The smallest absolute Gasteiger partial charge is 0.127 e. The second-order valence-corrected chi connectivity index (χ2v) is 6.32. The average molecular weight is 304 g/mol. The van der Waals surface area contributed by atoms with Crippen molar-refractivity contribution in [2.24, 2.45) is 0 Å². The van der Waals surface area contributed by atoms with Crippen LogP contribution >= 0.6 is 0 Å². The first-order chi connectivity index (χ1) is 10.9. The van der Waals surface area contributed by atoms with Gasteiger partial charge in [-0.1, -0.05) is 102 Å². The third kappa shape index (κ3) is 11.7. The fraction of sp³-hybridized carbons (Fsp3) is 0.714. The summed E-state index contributed by atoms with van der Waals surface area (Å²) >= 11 is 0. The number of rotatable bonds is 15. The lowest BCUT2D eigenvalue weighted by molar-refractivity contribution is 0.303. The number of hydrogen-bond donors (Lipinski definition) is 0. The Balaban J connectivity index is 1.73. The van der Waals surface area contributed by atoms with Crippen LogP contribution in [0, 0.1) is 6.07 Å². The highest BCUT2D eigenvalue weighted by atomic mass is 16.5. The Bertz CT molecular complexity index is 320. The van der Waals surface area contributed by atoms with E-state index in [0.29, 0.717) is 0 Å². The molecular formula is C21H35O. The first kappa shape index (κ1) is 19.1. The van der Waals surface area contributed by atoms with Crippen LogP contribution in [-0.4, -0.2) is 6.61 Å². The van der Waals surface area contributed by atoms with Gasteiger partial charge in [-0.2, -0.15) is 0 Å². The zero-order valence-electron chi connectivity index (χ0n) is 14.6. The first-order valence-electron chi connectivity index (χ1n) is 9.53. The molecule has 0 saturated carbocycles. The number of benzene rings is 1. The summed E-state index contributed by atoms with van der Waals surface area (Å²) in [4.78, 5) is 0. The molecule has 1 radical (unpaired) electrons. The van der Waals surface area contributed by atoms with E-state index in [-0.39, 0.29) is 0 Å². The summed E-state index contributed by atoms with van der Waals surface area (Å²) in [6.45, 7) is 3.12. The van der Waals surface area contributed by atoms with Crippen molar-refractivity contribution in [3.05, 3.63) is 30.3 Å². The van der Waals surface area contributed by atoms with Crippen LogP contribution in [0.5, 0.6) is 5.75 Å². The molecule has 1 aromatic carbocycles. The van der Waals surface area contributed by atoms with Gasteiger partial charge in [0, 0.05) is 6.07 Å². The standard InChI is InChI=1S/C21H35O/c1-2-3-4-5-6-7-8-9-10-11-12-13-17-20-22-21-18-15-14-16-19-21/h14-16,18H,2-13,17,20H2,1H3. The molecule has 0 heterocycles. The van der Waals surface area contributed by atoms with Crippen molar-refractivity contribution in [3.8, 4) is 5.75 Å². The van der Waals surface area contributed by atoms with Crippen LogP contribution in [0.15, 0.2) is 24.3 Å². The minimum Gasteiger partial charge on any atom is -0.493 e. The molecule has 0 atom stereocenters. The van der Waals surface area contributed by atoms with Gasteiger partial charge in [-0.05, 0) is 12.5 Å². The molecule has 0 aromatic heterocycles. The SMILES string of the molecule is CCCCCCCCCCCCCCCOc1[c]cccc1.